The molecule has 9 heteroatoms. The zero-order valence-corrected chi connectivity index (χ0v) is 22.7. The van der Waals surface area contributed by atoms with Crippen LogP contribution in [-0.4, -0.2) is 60.8 Å². The number of anilines is 1. The number of carbonyl (C=O) groups is 2. The Kier molecular flexibility index (Phi) is 8.10. The van der Waals surface area contributed by atoms with Crippen molar-refractivity contribution >= 4 is 34.3 Å². The zero-order valence-electron chi connectivity index (χ0n) is 22.0. The van der Waals surface area contributed by atoms with E-state index in [-0.39, 0.29) is 29.9 Å². The third kappa shape index (κ3) is 5.85. The van der Waals surface area contributed by atoms with E-state index in [1.165, 1.54) is 9.80 Å². The van der Waals surface area contributed by atoms with Gasteiger partial charge in [-0.15, -0.1) is 0 Å². The Balaban J connectivity index is 1.52. The standard InChI is InChI=1S/C29H31ClN4O4/c1-29(2,37-4)14-12-19-10-11-22-24(16-19)38-18-23(27(35)33(22)3)34-15-13-21(25(31)28(34)36)26(30)32-17-20-8-6-5-7-9-20/h5-11,16,23H,13,15,17-18,31H2,1-4H3. The van der Waals surface area contributed by atoms with Gasteiger partial charge in [-0.25, -0.2) is 0 Å². The van der Waals surface area contributed by atoms with Crippen molar-refractivity contribution in [2.75, 3.05) is 32.2 Å². The number of ether oxygens (including phenoxy) is 2. The Morgan fingerprint density at radius 3 is 2.68 bits per heavy atom. The number of fused-ring (bicyclic) bond motifs is 1. The van der Waals surface area contributed by atoms with E-state index in [9.17, 15) is 9.59 Å². The smallest absolute Gasteiger partial charge is 0.270 e. The molecule has 0 saturated carbocycles. The molecule has 2 aromatic carbocycles. The fraction of sp³-hybridized carbons (Fsp3) is 0.345. The molecule has 0 saturated heterocycles. The van der Waals surface area contributed by atoms with Crippen LogP contribution in [0.25, 0.3) is 0 Å². The summed E-state index contributed by atoms with van der Waals surface area (Å²) < 4.78 is 11.4. The van der Waals surface area contributed by atoms with Crippen molar-refractivity contribution in [2.24, 2.45) is 10.7 Å². The molecule has 0 aliphatic carbocycles. The number of likely N-dealkylation sites (N-methyl/N-ethyl adjacent to an activating group) is 1. The zero-order chi connectivity index (χ0) is 27.4. The van der Waals surface area contributed by atoms with Crippen molar-refractivity contribution in [3.8, 4) is 17.6 Å². The summed E-state index contributed by atoms with van der Waals surface area (Å²) in [6, 6.07) is 14.2. The fourth-order valence-electron chi connectivity index (χ4n) is 4.17. The molecule has 2 heterocycles. The van der Waals surface area contributed by atoms with Gasteiger partial charge in [-0.3, -0.25) is 14.6 Å². The van der Waals surface area contributed by atoms with Crippen molar-refractivity contribution in [3.05, 3.63) is 70.9 Å². The van der Waals surface area contributed by atoms with Crippen molar-refractivity contribution in [2.45, 2.75) is 38.5 Å². The Morgan fingerprint density at radius 2 is 1.97 bits per heavy atom. The van der Waals surface area contributed by atoms with Gasteiger partial charge in [-0.1, -0.05) is 53.8 Å². The van der Waals surface area contributed by atoms with Crippen LogP contribution in [0.3, 0.4) is 0 Å². The van der Waals surface area contributed by atoms with Gasteiger partial charge in [0.15, 0.2) is 0 Å². The summed E-state index contributed by atoms with van der Waals surface area (Å²) in [5.41, 5.74) is 8.43. The van der Waals surface area contributed by atoms with Gasteiger partial charge < -0.3 is 25.0 Å². The number of hydrogen-bond acceptors (Lipinski definition) is 6. The molecule has 4 rings (SSSR count). The van der Waals surface area contributed by atoms with E-state index < -0.39 is 17.6 Å². The minimum atomic E-state index is -0.845. The second kappa shape index (κ2) is 11.3. The van der Waals surface area contributed by atoms with Crippen LogP contribution in [0.4, 0.5) is 5.69 Å². The molecule has 0 spiro atoms. The number of hydrogen-bond donors (Lipinski definition) is 1. The molecule has 8 nitrogen and oxygen atoms in total. The summed E-state index contributed by atoms with van der Waals surface area (Å²) in [5, 5.41) is 0.206. The second-order valence-corrected chi connectivity index (χ2v) is 9.96. The largest absolute Gasteiger partial charge is 0.489 e. The van der Waals surface area contributed by atoms with Crippen molar-refractivity contribution in [1.29, 1.82) is 0 Å². The quantitative estimate of drug-likeness (QED) is 0.468. The molecule has 2 aromatic rings. The Morgan fingerprint density at radius 1 is 1.24 bits per heavy atom. The van der Waals surface area contributed by atoms with Gasteiger partial charge in [0.05, 0.1) is 12.2 Å². The van der Waals surface area contributed by atoms with Crippen molar-refractivity contribution in [3.63, 3.8) is 0 Å². The predicted molar refractivity (Wildman–Crippen MR) is 148 cm³/mol. The number of carbonyl (C=O) groups excluding carboxylic acids is 2. The van der Waals surface area contributed by atoms with Crippen LogP contribution >= 0.6 is 11.6 Å². The third-order valence-electron chi connectivity index (χ3n) is 6.64. The first kappa shape index (κ1) is 27.2. The molecular formula is C29H31ClN4O4. The summed E-state index contributed by atoms with van der Waals surface area (Å²) in [4.78, 5) is 34.1. The van der Waals surface area contributed by atoms with Crippen molar-refractivity contribution in [1.82, 2.24) is 4.90 Å². The lowest BCUT2D eigenvalue weighted by Gasteiger charge is -2.34. The molecular weight excluding hydrogens is 504 g/mol. The lowest BCUT2D eigenvalue weighted by Crippen LogP contribution is -2.55. The van der Waals surface area contributed by atoms with E-state index in [4.69, 9.17) is 26.8 Å². The normalized spacial score (nSPS) is 18.4. The van der Waals surface area contributed by atoms with E-state index in [2.05, 4.69) is 16.8 Å². The van der Waals surface area contributed by atoms with Crippen LogP contribution in [0, 0.1) is 11.8 Å². The topological polar surface area (TPSA) is 97.5 Å². The maximum atomic E-state index is 13.4. The van der Waals surface area contributed by atoms with Gasteiger partial charge in [-0.2, -0.15) is 0 Å². The number of rotatable bonds is 5. The molecule has 2 aliphatic heterocycles. The number of nitrogens with two attached hydrogens (primary N) is 1. The first-order chi connectivity index (χ1) is 18.1. The first-order valence-corrected chi connectivity index (χ1v) is 12.7. The molecule has 2 aliphatic rings. The average Bonchev–Trinajstić information content (AvgIpc) is 3.04. The van der Waals surface area contributed by atoms with E-state index >= 15 is 0 Å². The second-order valence-electron chi connectivity index (χ2n) is 9.60. The molecule has 2 N–H and O–H groups in total. The van der Waals surface area contributed by atoms with Crippen LogP contribution in [0.1, 0.15) is 31.4 Å². The number of aliphatic imine (C=N–C) groups is 1. The predicted octanol–water partition coefficient (Wildman–Crippen LogP) is 3.47. The molecule has 198 valence electrons. The minimum Gasteiger partial charge on any atom is -0.489 e. The molecule has 2 amide bonds. The summed E-state index contributed by atoms with van der Waals surface area (Å²) >= 11 is 6.44. The van der Waals surface area contributed by atoms with Crippen LogP contribution < -0.4 is 15.4 Å². The van der Waals surface area contributed by atoms with E-state index in [1.807, 2.05) is 50.2 Å². The summed E-state index contributed by atoms with van der Waals surface area (Å²) in [6.07, 6.45) is 0.379. The maximum absolute atomic E-state index is 13.4. The molecule has 1 atom stereocenters. The van der Waals surface area contributed by atoms with Gasteiger partial charge in [0.1, 0.15) is 34.9 Å². The summed E-state index contributed by atoms with van der Waals surface area (Å²) in [5.74, 6) is 5.93. The monoisotopic (exact) mass is 534 g/mol. The third-order valence-corrected chi connectivity index (χ3v) is 6.99. The SMILES string of the molecule is COC(C)(C)C#Cc1ccc2c(c1)OCC(N1CCC(C(Cl)=NCc3ccccc3)=C(N)C1=O)C(=O)N2C. The Bertz CT molecular complexity index is 1360. The van der Waals surface area contributed by atoms with Gasteiger partial charge in [0.25, 0.3) is 11.8 Å². The number of nitrogens with zero attached hydrogens (tertiary/aromatic N) is 3. The summed E-state index contributed by atoms with van der Waals surface area (Å²) in [7, 11) is 3.27. The van der Waals surface area contributed by atoms with E-state index in [0.717, 1.165) is 11.1 Å². The molecule has 38 heavy (non-hydrogen) atoms. The fourth-order valence-corrected chi connectivity index (χ4v) is 4.42. The lowest BCUT2D eigenvalue weighted by molar-refractivity contribution is -0.137. The highest BCUT2D eigenvalue weighted by Crippen LogP contribution is 2.33. The molecule has 0 fully saturated rings. The first-order valence-electron chi connectivity index (χ1n) is 12.3. The Labute approximate surface area is 228 Å². The van der Waals surface area contributed by atoms with E-state index in [1.54, 1.807) is 26.3 Å². The molecule has 1 unspecified atom stereocenters. The van der Waals surface area contributed by atoms with Gasteiger partial charge in [0, 0.05) is 31.8 Å². The number of amides is 2. The van der Waals surface area contributed by atoms with Crippen LogP contribution in [0.5, 0.6) is 5.75 Å². The highest BCUT2D eigenvalue weighted by Gasteiger charge is 2.39. The summed E-state index contributed by atoms with van der Waals surface area (Å²) in [6.45, 7) is 4.38. The average molecular weight is 535 g/mol. The Hall–Kier alpha value is -3.80. The van der Waals surface area contributed by atoms with Crippen LogP contribution in [-0.2, 0) is 20.9 Å². The van der Waals surface area contributed by atoms with Gasteiger partial charge in [0.2, 0.25) is 0 Å². The maximum Gasteiger partial charge on any atom is 0.270 e. The highest BCUT2D eigenvalue weighted by molar-refractivity contribution is 6.69. The van der Waals surface area contributed by atoms with Gasteiger partial charge in [-0.05, 0) is 44.0 Å². The highest BCUT2D eigenvalue weighted by atomic mass is 35.5. The number of halogens is 1. The van der Waals surface area contributed by atoms with Crippen LogP contribution in [0.2, 0.25) is 0 Å². The molecule has 0 radical (unpaired) electrons. The number of methoxy groups -OCH3 is 1. The number of benzene rings is 2. The van der Waals surface area contributed by atoms with E-state index in [0.29, 0.717) is 30.0 Å². The van der Waals surface area contributed by atoms with Crippen molar-refractivity contribution < 1.29 is 19.1 Å². The molecule has 0 bridgehead atoms. The van der Waals surface area contributed by atoms with Gasteiger partial charge >= 0.3 is 0 Å². The molecule has 0 aromatic heterocycles. The lowest BCUT2D eigenvalue weighted by atomic mass is 10.0. The minimum absolute atomic E-state index is 0.00593. The van der Waals surface area contributed by atoms with Crippen LogP contribution in [0.15, 0.2) is 64.8 Å².